The average molecular weight is 406 g/mol. The normalized spacial score (nSPS) is 18.9. The first kappa shape index (κ1) is 21.9. The van der Waals surface area contributed by atoms with Crippen LogP contribution in [0.1, 0.15) is 87.3 Å². The van der Waals surface area contributed by atoms with Crippen LogP contribution in [0.2, 0.25) is 0 Å². The van der Waals surface area contributed by atoms with Gasteiger partial charge in [-0.15, -0.1) is 0 Å². The van der Waals surface area contributed by atoms with Crippen LogP contribution in [-0.4, -0.2) is 5.16 Å². The van der Waals surface area contributed by atoms with Gasteiger partial charge in [0.05, 0.1) is 10.8 Å². The monoisotopic (exact) mass is 405 g/mol. The predicted octanol–water partition coefficient (Wildman–Crippen LogP) is 8.45. The van der Waals surface area contributed by atoms with E-state index in [2.05, 4.69) is 65.7 Å². The minimum atomic E-state index is 0.771. The highest BCUT2D eigenvalue weighted by molar-refractivity contribution is 7.78. The summed E-state index contributed by atoms with van der Waals surface area (Å²) in [5.41, 5.74) is 5.39. The number of benzene rings is 2. The molecule has 0 atom stereocenters. The predicted molar refractivity (Wildman–Crippen MR) is 128 cm³/mol. The fourth-order valence-corrected chi connectivity index (χ4v) is 4.76. The lowest BCUT2D eigenvalue weighted by atomic mass is 9.77. The van der Waals surface area contributed by atoms with Crippen LogP contribution in [0, 0.1) is 5.92 Å². The lowest BCUT2D eigenvalue weighted by Crippen LogP contribution is -2.14. The van der Waals surface area contributed by atoms with Crippen LogP contribution < -0.4 is 0 Å². The number of isothiocyanates is 1. The Morgan fingerprint density at radius 3 is 2.14 bits per heavy atom. The summed E-state index contributed by atoms with van der Waals surface area (Å²) in [6, 6.07) is 18.0. The first-order chi connectivity index (χ1) is 14.3. The molecule has 1 saturated carbocycles. The number of hydrogen-bond acceptors (Lipinski definition) is 2. The smallest absolute Gasteiger partial charge is 0.0739 e. The topological polar surface area (TPSA) is 12.4 Å². The Bertz CT molecular complexity index is 763. The molecule has 3 rings (SSSR count). The lowest BCUT2D eigenvalue weighted by Gasteiger charge is -2.29. The van der Waals surface area contributed by atoms with E-state index >= 15 is 0 Å². The van der Waals surface area contributed by atoms with Gasteiger partial charge in [-0.1, -0.05) is 62.6 Å². The number of aliphatic imine (C=N–C) groups is 1. The zero-order valence-electron chi connectivity index (χ0n) is 17.9. The summed E-state index contributed by atoms with van der Waals surface area (Å²) in [7, 11) is 0. The average Bonchev–Trinajstić information content (AvgIpc) is 2.77. The maximum atomic E-state index is 4.66. The van der Waals surface area contributed by atoms with Crippen LogP contribution in [0.4, 0.5) is 5.69 Å². The number of nitrogens with zero attached hydrogens (tertiary/aromatic N) is 1. The highest BCUT2D eigenvalue weighted by Crippen LogP contribution is 2.37. The van der Waals surface area contributed by atoms with Crippen LogP contribution in [0.3, 0.4) is 0 Å². The van der Waals surface area contributed by atoms with Crippen molar-refractivity contribution < 1.29 is 0 Å². The van der Waals surface area contributed by atoms with Crippen LogP contribution in [-0.2, 0) is 12.8 Å². The number of aryl methyl sites for hydroxylation is 2. The van der Waals surface area contributed by atoms with Crippen molar-refractivity contribution in [2.45, 2.75) is 83.5 Å². The Morgan fingerprint density at radius 2 is 1.48 bits per heavy atom. The van der Waals surface area contributed by atoms with E-state index in [0.717, 1.165) is 17.5 Å². The molecule has 0 N–H and O–H groups in total. The molecule has 1 aliphatic carbocycles. The second-order valence-electron chi connectivity index (χ2n) is 8.68. The van der Waals surface area contributed by atoms with Gasteiger partial charge < -0.3 is 0 Å². The standard InChI is InChI=1S/C27H35NS/c1-2-3-4-5-6-22-9-15-25(16-10-22)26-17-11-23(12-18-26)7-8-24-13-19-27(20-14-24)28-21-29/h9-10,13-16,19-20,23,26H,2-8,11-12,17-18H2,1H3/t23-,26-. The van der Waals surface area contributed by atoms with Crippen molar-refractivity contribution in [2.24, 2.45) is 10.9 Å². The highest BCUT2D eigenvalue weighted by Gasteiger charge is 2.22. The SMILES string of the molecule is CCCCCCc1ccc([C@H]2CC[C@H](CCc3ccc(N=C=S)cc3)CC2)cc1. The van der Waals surface area contributed by atoms with Crippen molar-refractivity contribution in [2.75, 3.05) is 0 Å². The van der Waals surface area contributed by atoms with E-state index in [0.29, 0.717) is 0 Å². The van der Waals surface area contributed by atoms with Gasteiger partial charge in [0.2, 0.25) is 0 Å². The van der Waals surface area contributed by atoms with Gasteiger partial charge >= 0.3 is 0 Å². The molecule has 0 bridgehead atoms. The van der Waals surface area contributed by atoms with Gasteiger partial charge in [0, 0.05) is 0 Å². The van der Waals surface area contributed by atoms with Crippen molar-refractivity contribution in [3.8, 4) is 0 Å². The Hall–Kier alpha value is -1.76. The fraction of sp³-hybridized carbons (Fsp3) is 0.519. The van der Waals surface area contributed by atoms with Gasteiger partial charge in [0.15, 0.2) is 0 Å². The molecular weight excluding hydrogens is 370 g/mol. The van der Waals surface area contributed by atoms with Crippen LogP contribution >= 0.6 is 12.2 Å². The van der Waals surface area contributed by atoms with E-state index in [1.807, 2.05) is 12.1 Å². The Morgan fingerprint density at radius 1 is 0.828 bits per heavy atom. The van der Waals surface area contributed by atoms with Crippen molar-refractivity contribution in [3.63, 3.8) is 0 Å². The lowest BCUT2D eigenvalue weighted by molar-refractivity contribution is 0.310. The molecule has 0 spiro atoms. The third-order valence-corrected chi connectivity index (χ3v) is 6.66. The summed E-state index contributed by atoms with van der Waals surface area (Å²) in [5, 5.41) is 2.43. The molecule has 0 unspecified atom stereocenters. The first-order valence-electron chi connectivity index (χ1n) is 11.5. The Balaban J connectivity index is 1.40. The van der Waals surface area contributed by atoms with Gasteiger partial charge in [-0.2, -0.15) is 4.99 Å². The Labute approximate surface area is 182 Å². The van der Waals surface area contributed by atoms with Crippen molar-refractivity contribution in [1.29, 1.82) is 0 Å². The minimum absolute atomic E-state index is 0.771. The van der Waals surface area contributed by atoms with E-state index in [1.54, 1.807) is 5.56 Å². The molecule has 154 valence electrons. The number of thiocarbonyl (C=S) groups is 1. The molecule has 0 aliphatic heterocycles. The second-order valence-corrected chi connectivity index (χ2v) is 8.86. The summed E-state index contributed by atoms with van der Waals surface area (Å²) in [6.07, 6.45) is 14.5. The first-order valence-corrected chi connectivity index (χ1v) is 11.9. The zero-order valence-corrected chi connectivity index (χ0v) is 18.7. The van der Waals surface area contributed by atoms with Crippen LogP contribution in [0.15, 0.2) is 53.5 Å². The van der Waals surface area contributed by atoms with Gasteiger partial charge in [0.25, 0.3) is 0 Å². The largest absolute Gasteiger partial charge is 0.195 e. The van der Waals surface area contributed by atoms with Crippen molar-refractivity contribution >= 4 is 23.1 Å². The minimum Gasteiger partial charge on any atom is -0.195 e. The molecule has 0 radical (unpaired) electrons. The van der Waals surface area contributed by atoms with E-state index in [9.17, 15) is 0 Å². The van der Waals surface area contributed by atoms with E-state index in [-0.39, 0.29) is 0 Å². The fourth-order valence-electron chi connectivity index (χ4n) is 4.66. The molecule has 1 aliphatic rings. The molecule has 29 heavy (non-hydrogen) atoms. The van der Waals surface area contributed by atoms with Crippen molar-refractivity contribution in [1.82, 2.24) is 0 Å². The molecule has 0 amide bonds. The molecular formula is C27H35NS. The molecule has 2 aromatic rings. The van der Waals surface area contributed by atoms with Gasteiger partial charge in [-0.25, -0.2) is 0 Å². The van der Waals surface area contributed by atoms with E-state index < -0.39 is 0 Å². The number of rotatable bonds is 10. The highest BCUT2D eigenvalue weighted by atomic mass is 32.1. The summed E-state index contributed by atoms with van der Waals surface area (Å²) >= 11 is 4.66. The molecule has 0 saturated heterocycles. The quantitative estimate of drug-likeness (QED) is 0.219. The maximum Gasteiger partial charge on any atom is 0.0739 e. The van der Waals surface area contributed by atoms with Gasteiger partial charge in [0.1, 0.15) is 0 Å². The molecule has 0 heterocycles. The molecule has 0 aromatic heterocycles. The van der Waals surface area contributed by atoms with Gasteiger partial charge in [-0.05, 0) is 104 Å². The summed E-state index contributed by atoms with van der Waals surface area (Å²) in [4.78, 5) is 4.03. The second kappa shape index (κ2) is 12.1. The molecule has 2 heteroatoms. The van der Waals surface area contributed by atoms with Gasteiger partial charge in [-0.3, -0.25) is 0 Å². The van der Waals surface area contributed by atoms with Crippen molar-refractivity contribution in [3.05, 3.63) is 65.2 Å². The number of hydrogen-bond donors (Lipinski definition) is 0. The van der Waals surface area contributed by atoms with Crippen LogP contribution in [0.25, 0.3) is 0 Å². The number of unbranched alkanes of at least 4 members (excludes halogenated alkanes) is 3. The maximum absolute atomic E-state index is 4.66. The molecule has 1 nitrogen and oxygen atoms in total. The molecule has 1 fully saturated rings. The van der Waals surface area contributed by atoms with Crippen LogP contribution in [0.5, 0.6) is 0 Å². The summed E-state index contributed by atoms with van der Waals surface area (Å²) < 4.78 is 0. The zero-order chi connectivity index (χ0) is 20.3. The summed E-state index contributed by atoms with van der Waals surface area (Å²) in [5.74, 6) is 1.65. The molecule has 2 aromatic carbocycles. The van der Waals surface area contributed by atoms with E-state index in [1.165, 1.54) is 81.8 Å². The Kier molecular flexibility index (Phi) is 9.12. The van der Waals surface area contributed by atoms with E-state index in [4.69, 9.17) is 0 Å². The third-order valence-electron chi connectivity index (χ3n) is 6.57. The third kappa shape index (κ3) is 7.21. The summed E-state index contributed by atoms with van der Waals surface area (Å²) in [6.45, 7) is 2.28.